The third-order valence-electron chi connectivity index (χ3n) is 1.48. The number of hydrogen-bond donors (Lipinski definition) is 3. The standard InChI is InChI=1S/C7H11N3O3/c8-6-1-2-7(13)10(9-6)3-5(12)4-11/h1-2,5,11-12H,3-4H2,(H2,8,9). The van der Waals surface area contributed by atoms with Gasteiger partial charge in [0.05, 0.1) is 19.3 Å². The minimum atomic E-state index is -0.994. The zero-order chi connectivity index (χ0) is 9.84. The van der Waals surface area contributed by atoms with Crippen molar-refractivity contribution in [2.24, 2.45) is 0 Å². The van der Waals surface area contributed by atoms with Gasteiger partial charge >= 0.3 is 0 Å². The maximum atomic E-state index is 11.1. The molecular weight excluding hydrogens is 174 g/mol. The van der Waals surface area contributed by atoms with E-state index in [1.165, 1.54) is 12.1 Å². The van der Waals surface area contributed by atoms with Crippen LogP contribution < -0.4 is 11.3 Å². The fourth-order valence-electron chi connectivity index (χ4n) is 0.853. The normalized spacial score (nSPS) is 12.8. The quantitative estimate of drug-likeness (QED) is 0.514. The van der Waals surface area contributed by atoms with E-state index in [2.05, 4.69) is 5.10 Å². The third-order valence-corrected chi connectivity index (χ3v) is 1.48. The Morgan fingerprint density at radius 1 is 1.62 bits per heavy atom. The Bertz CT molecular complexity index is 336. The van der Waals surface area contributed by atoms with Gasteiger partial charge in [0.25, 0.3) is 5.56 Å². The number of aliphatic hydroxyl groups is 2. The van der Waals surface area contributed by atoms with Gasteiger partial charge in [0.15, 0.2) is 0 Å². The van der Waals surface area contributed by atoms with Crippen LogP contribution in [0, 0.1) is 0 Å². The maximum absolute atomic E-state index is 11.1. The number of rotatable bonds is 3. The predicted molar refractivity (Wildman–Crippen MR) is 46.0 cm³/mol. The van der Waals surface area contributed by atoms with Gasteiger partial charge in [0.2, 0.25) is 0 Å². The highest BCUT2D eigenvalue weighted by Crippen LogP contribution is 1.91. The molecule has 0 aliphatic heterocycles. The molecule has 0 fully saturated rings. The van der Waals surface area contributed by atoms with Gasteiger partial charge < -0.3 is 15.9 Å². The summed E-state index contributed by atoms with van der Waals surface area (Å²) in [5.74, 6) is 0.199. The maximum Gasteiger partial charge on any atom is 0.266 e. The van der Waals surface area contributed by atoms with Crippen LogP contribution in [0.2, 0.25) is 0 Å². The van der Waals surface area contributed by atoms with Crippen molar-refractivity contribution in [1.29, 1.82) is 0 Å². The first-order chi connectivity index (χ1) is 6.13. The molecule has 1 rings (SSSR count). The summed E-state index contributed by atoms with van der Waals surface area (Å²) in [6.45, 7) is -0.469. The van der Waals surface area contributed by atoms with E-state index >= 15 is 0 Å². The molecule has 1 heterocycles. The lowest BCUT2D eigenvalue weighted by atomic mass is 10.4. The lowest BCUT2D eigenvalue weighted by Gasteiger charge is -2.08. The van der Waals surface area contributed by atoms with Crippen LogP contribution in [0.1, 0.15) is 0 Å². The highest BCUT2D eigenvalue weighted by molar-refractivity contribution is 5.23. The van der Waals surface area contributed by atoms with E-state index in [9.17, 15) is 4.79 Å². The van der Waals surface area contributed by atoms with Crippen molar-refractivity contribution in [1.82, 2.24) is 9.78 Å². The highest BCUT2D eigenvalue weighted by Gasteiger charge is 2.05. The topological polar surface area (TPSA) is 101 Å². The van der Waals surface area contributed by atoms with Crippen LogP contribution in [0.3, 0.4) is 0 Å². The molecule has 1 aromatic rings. The molecule has 0 saturated carbocycles. The fraction of sp³-hybridized carbons (Fsp3) is 0.429. The molecule has 0 bridgehead atoms. The molecule has 1 aromatic heterocycles. The minimum absolute atomic E-state index is 0.0552. The second-order valence-electron chi connectivity index (χ2n) is 2.61. The first kappa shape index (κ1) is 9.69. The molecule has 0 radical (unpaired) electrons. The van der Waals surface area contributed by atoms with Crippen molar-refractivity contribution in [3.8, 4) is 0 Å². The van der Waals surface area contributed by atoms with E-state index in [0.29, 0.717) is 0 Å². The molecule has 4 N–H and O–H groups in total. The van der Waals surface area contributed by atoms with Crippen LogP contribution in [0.15, 0.2) is 16.9 Å². The zero-order valence-corrected chi connectivity index (χ0v) is 6.92. The molecule has 13 heavy (non-hydrogen) atoms. The number of nitrogens with two attached hydrogens (primary N) is 1. The summed E-state index contributed by atoms with van der Waals surface area (Å²) >= 11 is 0. The van der Waals surface area contributed by atoms with Crippen molar-refractivity contribution in [2.75, 3.05) is 12.3 Å². The summed E-state index contributed by atoms with van der Waals surface area (Å²) in [5, 5.41) is 21.2. The molecule has 0 saturated heterocycles. The second-order valence-corrected chi connectivity index (χ2v) is 2.61. The Hall–Kier alpha value is -1.40. The minimum Gasteiger partial charge on any atom is -0.394 e. The van der Waals surface area contributed by atoms with Crippen LogP contribution >= 0.6 is 0 Å². The molecule has 0 aromatic carbocycles. The Labute approximate surface area is 74.2 Å². The monoisotopic (exact) mass is 185 g/mol. The predicted octanol–water partition coefficient (Wildman–Crippen LogP) is -1.82. The molecule has 0 spiro atoms. The molecule has 0 amide bonds. The molecule has 1 atom stereocenters. The summed E-state index contributed by atoms with van der Waals surface area (Å²) in [5.41, 5.74) is 4.97. The van der Waals surface area contributed by atoms with Crippen molar-refractivity contribution < 1.29 is 10.2 Å². The number of aromatic nitrogens is 2. The molecular formula is C7H11N3O3. The van der Waals surface area contributed by atoms with Crippen LogP contribution in [-0.2, 0) is 6.54 Å². The van der Waals surface area contributed by atoms with E-state index in [1.54, 1.807) is 0 Å². The average molecular weight is 185 g/mol. The van der Waals surface area contributed by atoms with Gasteiger partial charge in [0, 0.05) is 6.07 Å². The molecule has 0 aliphatic carbocycles. The van der Waals surface area contributed by atoms with E-state index in [1.807, 2.05) is 0 Å². The number of aliphatic hydroxyl groups excluding tert-OH is 2. The second kappa shape index (κ2) is 4.01. The van der Waals surface area contributed by atoms with Gasteiger partial charge in [-0.15, -0.1) is 0 Å². The first-order valence-electron chi connectivity index (χ1n) is 3.76. The van der Waals surface area contributed by atoms with Gasteiger partial charge in [-0.1, -0.05) is 0 Å². The Balaban J connectivity index is 2.87. The van der Waals surface area contributed by atoms with Gasteiger partial charge in [-0.05, 0) is 6.07 Å². The van der Waals surface area contributed by atoms with Crippen molar-refractivity contribution in [2.45, 2.75) is 12.6 Å². The molecule has 72 valence electrons. The lowest BCUT2D eigenvalue weighted by molar-refractivity contribution is 0.0771. The SMILES string of the molecule is Nc1ccc(=O)n(CC(O)CO)n1. The summed E-state index contributed by atoms with van der Waals surface area (Å²) < 4.78 is 1.01. The van der Waals surface area contributed by atoms with Crippen molar-refractivity contribution in [3.05, 3.63) is 22.5 Å². The smallest absolute Gasteiger partial charge is 0.266 e. The first-order valence-corrected chi connectivity index (χ1v) is 3.76. The molecule has 1 unspecified atom stereocenters. The zero-order valence-electron chi connectivity index (χ0n) is 6.92. The number of nitrogens with zero attached hydrogens (tertiary/aromatic N) is 2. The molecule has 0 aliphatic rings. The van der Waals surface area contributed by atoms with Gasteiger partial charge in [-0.25, -0.2) is 4.68 Å². The third kappa shape index (κ3) is 2.53. The fourth-order valence-corrected chi connectivity index (χ4v) is 0.853. The molecule has 6 heteroatoms. The van der Waals surface area contributed by atoms with Gasteiger partial charge in [0.1, 0.15) is 5.82 Å². The van der Waals surface area contributed by atoms with Crippen LogP contribution in [0.5, 0.6) is 0 Å². The van der Waals surface area contributed by atoms with E-state index in [4.69, 9.17) is 15.9 Å². The van der Waals surface area contributed by atoms with E-state index in [0.717, 1.165) is 4.68 Å². The summed E-state index contributed by atoms with van der Waals surface area (Å²) in [6, 6.07) is 2.64. The van der Waals surface area contributed by atoms with E-state index in [-0.39, 0.29) is 17.9 Å². The molecule has 6 nitrogen and oxygen atoms in total. The summed E-state index contributed by atoms with van der Waals surface area (Å²) in [6.07, 6.45) is -0.994. The number of nitrogen functional groups attached to an aromatic ring is 1. The number of hydrogen-bond acceptors (Lipinski definition) is 5. The highest BCUT2D eigenvalue weighted by atomic mass is 16.3. The van der Waals surface area contributed by atoms with Crippen LogP contribution in [0.25, 0.3) is 0 Å². The van der Waals surface area contributed by atoms with Crippen LogP contribution in [0.4, 0.5) is 5.82 Å². The largest absolute Gasteiger partial charge is 0.394 e. The average Bonchev–Trinajstić information content (AvgIpc) is 2.11. The lowest BCUT2D eigenvalue weighted by Crippen LogP contribution is -2.30. The summed E-state index contributed by atoms with van der Waals surface area (Å²) in [4.78, 5) is 11.1. The van der Waals surface area contributed by atoms with Crippen LogP contribution in [-0.4, -0.2) is 32.7 Å². The number of anilines is 1. The Morgan fingerprint density at radius 2 is 2.31 bits per heavy atom. The van der Waals surface area contributed by atoms with E-state index < -0.39 is 12.7 Å². The Kier molecular flexibility index (Phi) is 2.99. The van der Waals surface area contributed by atoms with Crippen molar-refractivity contribution in [3.63, 3.8) is 0 Å². The summed E-state index contributed by atoms with van der Waals surface area (Å²) in [7, 11) is 0. The van der Waals surface area contributed by atoms with Gasteiger partial charge in [-0.2, -0.15) is 5.10 Å². The van der Waals surface area contributed by atoms with Gasteiger partial charge in [-0.3, -0.25) is 4.79 Å². The Morgan fingerprint density at radius 3 is 2.92 bits per heavy atom. The van der Waals surface area contributed by atoms with Crippen molar-refractivity contribution >= 4 is 5.82 Å².